The number of nitrogens with one attached hydrogen (secondary N) is 3. The van der Waals surface area contributed by atoms with Crippen molar-refractivity contribution in [3.05, 3.63) is 58.5 Å². The minimum atomic E-state index is -0.285. The molecule has 0 bridgehead atoms. The molecule has 2 heterocycles. The lowest BCUT2D eigenvalue weighted by molar-refractivity contribution is 0.311. The Balaban J connectivity index is 1.49. The molecule has 4 rings (SSSR count). The molecule has 32 heavy (non-hydrogen) atoms. The maximum absolute atomic E-state index is 14.8. The first-order valence-electron chi connectivity index (χ1n) is 10.2. The van der Waals surface area contributed by atoms with E-state index in [9.17, 15) is 4.39 Å². The second-order valence-corrected chi connectivity index (χ2v) is 8.36. The van der Waals surface area contributed by atoms with E-state index in [1.165, 1.54) is 12.3 Å². The van der Waals surface area contributed by atoms with Crippen LogP contribution in [-0.4, -0.2) is 55.1 Å². The average Bonchev–Trinajstić information content (AvgIpc) is 2.78. The van der Waals surface area contributed by atoms with Crippen LogP contribution in [0.1, 0.15) is 0 Å². The molecule has 0 aliphatic carbocycles. The Bertz CT molecular complexity index is 1100. The molecule has 0 atom stereocenters. The van der Waals surface area contributed by atoms with E-state index in [0.717, 1.165) is 37.6 Å². The molecule has 1 aliphatic rings. The monoisotopic (exact) mass is 475 g/mol. The van der Waals surface area contributed by atoms with Crippen LogP contribution in [0.5, 0.6) is 0 Å². The number of likely N-dealkylation sites (N-methyl/N-ethyl adjacent to an activating group) is 1. The van der Waals surface area contributed by atoms with Gasteiger partial charge in [0.1, 0.15) is 10.8 Å². The zero-order valence-corrected chi connectivity index (χ0v) is 19.3. The van der Waals surface area contributed by atoms with Crippen molar-refractivity contribution < 1.29 is 4.39 Å². The highest BCUT2D eigenvalue weighted by molar-refractivity contribution is 6.33. The molecular formula is C22H24Cl2FN7. The summed E-state index contributed by atoms with van der Waals surface area (Å²) in [5, 5.41) is 10.2. The molecule has 1 fully saturated rings. The number of nitrogens with zero attached hydrogens (tertiary/aromatic N) is 4. The Morgan fingerprint density at radius 3 is 2.38 bits per heavy atom. The molecule has 0 radical (unpaired) electrons. The fraction of sp³-hybridized carbons (Fsp3) is 0.273. The highest BCUT2D eigenvalue weighted by atomic mass is 35.5. The van der Waals surface area contributed by atoms with Gasteiger partial charge in [0.2, 0.25) is 5.95 Å². The third-order valence-corrected chi connectivity index (χ3v) is 5.90. The predicted octanol–water partition coefficient (Wildman–Crippen LogP) is 5.20. The summed E-state index contributed by atoms with van der Waals surface area (Å²) in [5.41, 5.74) is 2.69. The highest BCUT2D eigenvalue weighted by Gasteiger charge is 2.18. The molecule has 0 saturated carbocycles. The van der Waals surface area contributed by atoms with Crippen LogP contribution in [-0.2, 0) is 0 Å². The first-order valence-corrected chi connectivity index (χ1v) is 11.0. The molecule has 1 saturated heterocycles. The Morgan fingerprint density at radius 2 is 1.66 bits per heavy atom. The highest BCUT2D eigenvalue weighted by Crippen LogP contribution is 2.30. The van der Waals surface area contributed by atoms with Crippen molar-refractivity contribution >= 4 is 57.7 Å². The van der Waals surface area contributed by atoms with Gasteiger partial charge >= 0.3 is 0 Å². The normalized spacial score (nSPS) is 14.3. The maximum Gasteiger partial charge on any atom is 0.229 e. The number of benzene rings is 2. The number of hydrogen-bond donors (Lipinski definition) is 3. The Hall–Kier alpha value is -2.81. The summed E-state index contributed by atoms with van der Waals surface area (Å²) >= 11 is 12.4. The van der Waals surface area contributed by atoms with Crippen molar-refractivity contribution in [1.82, 2.24) is 14.9 Å². The number of hydrogen-bond acceptors (Lipinski definition) is 7. The van der Waals surface area contributed by atoms with Crippen LogP contribution in [0.15, 0.2) is 42.6 Å². The predicted molar refractivity (Wildman–Crippen MR) is 131 cm³/mol. The summed E-state index contributed by atoms with van der Waals surface area (Å²) in [6.07, 6.45) is 1.49. The van der Waals surface area contributed by atoms with Gasteiger partial charge in [-0.15, -0.1) is 0 Å². The first-order chi connectivity index (χ1) is 15.4. The van der Waals surface area contributed by atoms with Crippen molar-refractivity contribution in [3.8, 4) is 0 Å². The van der Waals surface area contributed by atoms with Crippen molar-refractivity contribution in [3.63, 3.8) is 0 Å². The molecule has 1 aliphatic heterocycles. The molecule has 0 unspecified atom stereocenters. The maximum atomic E-state index is 14.8. The fourth-order valence-electron chi connectivity index (χ4n) is 3.46. The van der Waals surface area contributed by atoms with Gasteiger partial charge in [0.15, 0.2) is 5.82 Å². The minimum Gasteiger partial charge on any atom is -0.387 e. The number of halogens is 3. The summed E-state index contributed by atoms with van der Waals surface area (Å²) in [4.78, 5) is 12.9. The first kappa shape index (κ1) is 22.4. The van der Waals surface area contributed by atoms with E-state index in [0.29, 0.717) is 33.2 Å². The van der Waals surface area contributed by atoms with Gasteiger partial charge in [-0.1, -0.05) is 23.2 Å². The van der Waals surface area contributed by atoms with Crippen LogP contribution in [0.2, 0.25) is 10.0 Å². The van der Waals surface area contributed by atoms with E-state index in [1.54, 1.807) is 19.2 Å². The summed E-state index contributed by atoms with van der Waals surface area (Å²) in [7, 11) is 3.86. The second-order valence-electron chi connectivity index (χ2n) is 7.54. The fourth-order valence-corrected chi connectivity index (χ4v) is 3.81. The minimum absolute atomic E-state index is 0.285. The molecule has 3 N–H and O–H groups in total. The van der Waals surface area contributed by atoms with Gasteiger partial charge in [0, 0.05) is 44.6 Å². The van der Waals surface area contributed by atoms with Crippen LogP contribution in [0.3, 0.4) is 0 Å². The van der Waals surface area contributed by atoms with Crippen molar-refractivity contribution in [2.75, 3.05) is 61.1 Å². The van der Waals surface area contributed by atoms with Gasteiger partial charge in [-0.2, -0.15) is 4.98 Å². The van der Waals surface area contributed by atoms with E-state index in [-0.39, 0.29) is 5.82 Å². The number of piperazine rings is 1. The van der Waals surface area contributed by atoms with Gasteiger partial charge in [0.05, 0.1) is 22.6 Å². The third kappa shape index (κ3) is 5.15. The van der Waals surface area contributed by atoms with Crippen molar-refractivity contribution in [2.45, 2.75) is 0 Å². The van der Waals surface area contributed by atoms with E-state index >= 15 is 0 Å². The average molecular weight is 476 g/mol. The number of anilines is 6. The topological polar surface area (TPSA) is 68.4 Å². The third-order valence-electron chi connectivity index (χ3n) is 5.29. The SMILES string of the molecule is CNc1cc(Nc2nc(Nc3ccc(N4CCN(C)CC4)c(F)c3)ncc2Cl)ccc1Cl. The molecule has 2 aromatic carbocycles. The van der Waals surface area contributed by atoms with E-state index < -0.39 is 0 Å². The number of aromatic nitrogens is 2. The standard InChI is InChI=1S/C22H24Cl2FN7/c1-26-19-12-15(3-5-16(19)23)28-21-17(24)13-27-22(30-21)29-14-4-6-20(18(25)11-14)32-9-7-31(2)8-10-32/h3-6,11-13,26H,7-10H2,1-2H3,(H2,27,28,29,30). The van der Waals surface area contributed by atoms with Gasteiger partial charge in [-0.05, 0) is 43.4 Å². The molecular weight excluding hydrogens is 452 g/mol. The largest absolute Gasteiger partial charge is 0.387 e. The van der Waals surface area contributed by atoms with E-state index in [4.69, 9.17) is 23.2 Å². The molecule has 0 amide bonds. The summed E-state index contributed by atoms with van der Waals surface area (Å²) < 4.78 is 14.8. The molecule has 7 nitrogen and oxygen atoms in total. The second kappa shape index (κ2) is 9.77. The smallest absolute Gasteiger partial charge is 0.229 e. The lowest BCUT2D eigenvalue weighted by Gasteiger charge is -2.34. The van der Waals surface area contributed by atoms with Crippen LogP contribution in [0.25, 0.3) is 0 Å². The zero-order chi connectivity index (χ0) is 22.7. The zero-order valence-electron chi connectivity index (χ0n) is 17.8. The van der Waals surface area contributed by atoms with Crippen molar-refractivity contribution in [1.29, 1.82) is 0 Å². The Kier molecular flexibility index (Phi) is 6.83. The summed E-state index contributed by atoms with van der Waals surface area (Å²) in [6, 6.07) is 10.5. The van der Waals surface area contributed by atoms with Crippen LogP contribution in [0, 0.1) is 5.82 Å². The molecule has 168 valence electrons. The van der Waals surface area contributed by atoms with Crippen LogP contribution in [0.4, 0.5) is 38.9 Å². The lowest BCUT2D eigenvalue weighted by Crippen LogP contribution is -2.44. The number of rotatable bonds is 6. The molecule has 0 spiro atoms. The Morgan fingerprint density at radius 1 is 0.938 bits per heavy atom. The summed E-state index contributed by atoms with van der Waals surface area (Å²) in [5.74, 6) is 0.433. The van der Waals surface area contributed by atoms with Crippen LogP contribution < -0.4 is 20.9 Å². The Labute approximate surface area is 196 Å². The van der Waals surface area contributed by atoms with Gasteiger partial charge < -0.3 is 25.8 Å². The summed E-state index contributed by atoms with van der Waals surface area (Å²) in [6.45, 7) is 3.43. The van der Waals surface area contributed by atoms with Gasteiger partial charge in [-0.25, -0.2) is 9.37 Å². The van der Waals surface area contributed by atoms with Crippen LogP contribution >= 0.6 is 23.2 Å². The quantitative estimate of drug-likeness (QED) is 0.452. The van der Waals surface area contributed by atoms with Gasteiger partial charge in [0.25, 0.3) is 0 Å². The molecule has 3 aromatic rings. The van der Waals surface area contributed by atoms with E-state index in [2.05, 4.69) is 42.8 Å². The van der Waals surface area contributed by atoms with Gasteiger partial charge in [-0.3, -0.25) is 0 Å². The molecule has 1 aromatic heterocycles. The lowest BCUT2D eigenvalue weighted by atomic mass is 10.2. The van der Waals surface area contributed by atoms with Crippen molar-refractivity contribution in [2.24, 2.45) is 0 Å². The molecule has 10 heteroatoms. The van der Waals surface area contributed by atoms with E-state index in [1.807, 2.05) is 18.2 Å².